The fraction of sp³-hybridized carbons (Fsp3) is 0.588. The SMILES string of the molecule is COc1ccc(CCCC(=O)NC(C)(CN)C2CC2)cc1.Cl. The lowest BCUT2D eigenvalue weighted by Crippen LogP contribution is -2.53. The number of nitrogens with two attached hydrogens (primary N) is 1. The number of benzene rings is 1. The molecule has 0 bridgehead atoms. The van der Waals surface area contributed by atoms with E-state index in [0.717, 1.165) is 18.6 Å². The van der Waals surface area contributed by atoms with Gasteiger partial charge in [-0.25, -0.2) is 0 Å². The van der Waals surface area contributed by atoms with Crippen LogP contribution in [0.4, 0.5) is 0 Å². The van der Waals surface area contributed by atoms with Gasteiger partial charge in [0.15, 0.2) is 0 Å². The quantitative estimate of drug-likeness (QED) is 0.772. The lowest BCUT2D eigenvalue weighted by Gasteiger charge is -2.29. The van der Waals surface area contributed by atoms with Crippen LogP contribution in [0.1, 0.15) is 38.2 Å². The maximum absolute atomic E-state index is 12.1. The smallest absolute Gasteiger partial charge is 0.220 e. The van der Waals surface area contributed by atoms with E-state index in [1.165, 1.54) is 18.4 Å². The molecule has 1 saturated carbocycles. The third kappa shape index (κ3) is 5.18. The molecule has 1 atom stereocenters. The summed E-state index contributed by atoms with van der Waals surface area (Å²) in [5.41, 5.74) is 6.83. The predicted molar refractivity (Wildman–Crippen MR) is 91.5 cm³/mol. The summed E-state index contributed by atoms with van der Waals surface area (Å²) in [5.74, 6) is 1.54. The molecule has 2 rings (SSSR count). The minimum absolute atomic E-state index is 0. The summed E-state index contributed by atoms with van der Waals surface area (Å²) in [6.45, 7) is 2.58. The second-order valence-corrected chi connectivity index (χ2v) is 6.15. The number of halogens is 1. The fourth-order valence-electron chi connectivity index (χ4n) is 2.67. The minimum Gasteiger partial charge on any atom is -0.497 e. The molecule has 0 aromatic heterocycles. The molecule has 22 heavy (non-hydrogen) atoms. The van der Waals surface area contributed by atoms with Gasteiger partial charge in [0.05, 0.1) is 12.6 Å². The van der Waals surface area contributed by atoms with Gasteiger partial charge in [0.2, 0.25) is 5.91 Å². The fourth-order valence-corrected chi connectivity index (χ4v) is 2.67. The summed E-state index contributed by atoms with van der Waals surface area (Å²) in [6.07, 6.45) is 4.66. The van der Waals surface area contributed by atoms with Gasteiger partial charge < -0.3 is 15.8 Å². The average molecular weight is 327 g/mol. The number of carbonyl (C=O) groups excluding carboxylic acids is 1. The lowest BCUT2D eigenvalue weighted by molar-refractivity contribution is -0.123. The molecule has 124 valence electrons. The third-order valence-electron chi connectivity index (χ3n) is 4.36. The standard InChI is InChI=1S/C17H26N2O2.ClH/c1-17(12-18,14-8-9-14)19-16(20)5-3-4-13-6-10-15(21-2)11-7-13;/h6-7,10-11,14H,3-5,8-9,12,18H2,1-2H3,(H,19,20);1H. The molecule has 5 heteroatoms. The molecule has 1 aliphatic rings. The van der Waals surface area contributed by atoms with Crippen LogP contribution < -0.4 is 15.8 Å². The van der Waals surface area contributed by atoms with Crippen LogP contribution in [0, 0.1) is 5.92 Å². The highest BCUT2D eigenvalue weighted by atomic mass is 35.5. The van der Waals surface area contributed by atoms with E-state index in [2.05, 4.69) is 12.2 Å². The lowest BCUT2D eigenvalue weighted by atomic mass is 9.95. The van der Waals surface area contributed by atoms with Gasteiger partial charge >= 0.3 is 0 Å². The van der Waals surface area contributed by atoms with Gasteiger partial charge in [-0.3, -0.25) is 4.79 Å². The Labute approximate surface area is 139 Å². The van der Waals surface area contributed by atoms with E-state index in [1.54, 1.807) is 7.11 Å². The molecule has 0 heterocycles. The van der Waals surface area contributed by atoms with Crippen LogP contribution in [0.2, 0.25) is 0 Å². The van der Waals surface area contributed by atoms with Crippen molar-refractivity contribution in [1.82, 2.24) is 5.32 Å². The number of carbonyl (C=O) groups is 1. The van der Waals surface area contributed by atoms with Crippen molar-refractivity contribution >= 4 is 18.3 Å². The van der Waals surface area contributed by atoms with Gasteiger partial charge in [-0.1, -0.05) is 12.1 Å². The van der Waals surface area contributed by atoms with E-state index < -0.39 is 0 Å². The Kier molecular flexibility index (Phi) is 7.17. The Balaban J connectivity index is 0.00000242. The third-order valence-corrected chi connectivity index (χ3v) is 4.36. The molecule has 1 aromatic carbocycles. The van der Waals surface area contributed by atoms with Gasteiger partial charge in [0.25, 0.3) is 0 Å². The highest BCUT2D eigenvalue weighted by Crippen LogP contribution is 2.39. The number of hydrogen-bond acceptors (Lipinski definition) is 3. The highest BCUT2D eigenvalue weighted by Gasteiger charge is 2.41. The molecular formula is C17H27ClN2O2. The predicted octanol–water partition coefficient (Wildman–Crippen LogP) is 2.68. The molecule has 0 radical (unpaired) electrons. The Hall–Kier alpha value is -1.26. The van der Waals surface area contributed by atoms with E-state index in [-0.39, 0.29) is 23.9 Å². The van der Waals surface area contributed by atoms with Crippen LogP contribution in [-0.4, -0.2) is 25.1 Å². The number of rotatable bonds is 8. The first kappa shape index (κ1) is 18.8. The molecule has 1 unspecified atom stereocenters. The molecule has 1 aromatic rings. The summed E-state index contributed by atoms with van der Waals surface area (Å²) < 4.78 is 5.13. The molecule has 4 nitrogen and oxygen atoms in total. The number of nitrogens with one attached hydrogen (secondary N) is 1. The van der Waals surface area contributed by atoms with Gasteiger partial charge in [-0.15, -0.1) is 12.4 Å². The number of amides is 1. The van der Waals surface area contributed by atoms with Crippen LogP contribution >= 0.6 is 12.4 Å². The molecule has 0 saturated heterocycles. The second kappa shape index (κ2) is 8.39. The van der Waals surface area contributed by atoms with Crippen LogP contribution in [0.5, 0.6) is 5.75 Å². The molecule has 1 fully saturated rings. The van der Waals surface area contributed by atoms with Gasteiger partial charge in [-0.2, -0.15) is 0 Å². The zero-order valence-electron chi connectivity index (χ0n) is 13.4. The largest absolute Gasteiger partial charge is 0.497 e. The maximum atomic E-state index is 12.1. The zero-order chi connectivity index (χ0) is 15.3. The second-order valence-electron chi connectivity index (χ2n) is 6.15. The van der Waals surface area contributed by atoms with Gasteiger partial charge in [0, 0.05) is 13.0 Å². The van der Waals surface area contributed by atoms with Crippen LogP contribution in [0.3, 0.4) is 0 Å². The van der Waals surface area contributed by atoms with Crippen molar-refractivity contribution in [3.8, 4) is 5.75 Å². The summed E-state index contributed by atoms with van der Waals surface area (Å²) in [6, 6.07) is 8.00. The van der Waals surface area contributed by atoms with Crippen molar-refractivity contribution in [3.63, 3.8) is 0 Å². The molecule has 1 aliphatic carbocycles. The van der Waals surface area contributed by atoms with Crippen LogP contribution in [0.25, 0.3) is 0 Å². The molecule has 0 spiro atoms. The zero-order valence-corrected chi connectivity index (χ0v) is 14.2. The van der Waals surface area contributed by atoms with Crippen molar-refractivity contribution in [2.45, 2.75) is 44.6 Å². The number of methoxy groups -OCH3 is 1. The van der Waals surface area contributed by atoms with Crippen LogP contribution in [0.15, 0.2) is 24.3 Å². The molecule has 1 amide bonds. The Morgan fingerprint density at radius 3 is 2.50 bits per heavy atom. The van der Waals surface area contributed by atoms with E-state index >= 15 is 0 Å². The highest BCUT2D eigenvalue weighted by molar-refractivity contribution is 5.85. The summed E-state index contributed by atoms with van der Waals surface area (Å²) >= 11 is 0. The summed E-state index contributed by atoms with van der Waals surface area (Å²) in [7, 11) is 1.66. The monoisotopic (exact) mass is 326 g/mol. The van der Waals surface area contributed by atoms with Crippen molar-refractivity contribution in [1.29, 1.82) is 0 Å². The van der Waals surface area contributed by atoms with Crippen molar-refractivity contribution in [3.05, 3.63) is 29.8 Å². The Morgan fingerprint density at radius 1 is 1.36 bits per heavy atom. The number of hydrogen-bond donors (Lipinski definition) is 2. The molecule has 0 aliphatic heterocycles. The average Bonchev–Trinajstić information content (AvgIpc) is 3.33. The first-order chi connectivity index (χ1) is 10.1. The van der Waals surface area contributed by atoms with E-state index in [0.29, 0.717) is 18.9 Å². The molecule has 3 N–H and O–H groups in total. The number of aryl methyl sites for hydroxylation is 1. The van der Waals surface area contributed by atoms with E-state index in [9.17, 15) is 4.79 Å². The maximum Gasteiger partial charge on any atom is 0.220 e. The molecular weight excluding hydrogens is 300 g/mol. The number of ether oxygens (including phenoxy) is 1. The van der Waals surface area contributed by atoms with Gasteiger partial charge in [-0.05, 0) is 56.2 Å². The first-order valence-electron chi connectivity index (χ1n) is 7.71. The summed E-state index contributed by atoms with van der Waals surface area (Å²) in [4.78, 5) is 12.1. The first-order valence-corrected chi connectivity index (χ1v) is 7.71. The van der Waals surface area contributed by atoms with Crippen molar-refractivity contribution in [2.24, 2.45) is 11.7 Å². The van der Waals surface area contributed by atoms with Crippen LogP contribution in [-0.2, 0) is 11.2 Å². The minimum atomic E-state index is -0.211. The normalized spacial score (nSPS) is 16.3. The van der Waals surface area contributed by atoms with E-state index in [1.807, 2.05) is 24.3 Å². The van der Waals surface area contributed by atoms with Gasteiger partial charge in [0.1, 0.15) is 5.75 Å². The topological polar surface area (TPSA) is 64.3 Å². The Bertz CT molecular complexity index is 474. The van der Waals surface area contributed by atoms with Crippen molar-refractivity contribution in [2.75, 3.05) is 13.7 Å². The summed E-state index contributed by atoms with van der Waals surface area (Å²) in [5, 5.41) is 3.13. The van der Waals surface area contributed by atoms with E-state index in [4.69, 9.17) is 10.5 Å². The Morgan fingerprint density at radius 2 is 2.00 bits per heavy atom. The van der Waals surface area contributed by atoms with Crippen molar-refractivity contribution < 1.29 is 9.53 Å².